The molecule has 0 unspecified atom stereocenters. The Morgan fingerprint density at radius 2 is 1.96 bits per heavy atom. The number of carbonyl (C=O) groups is 2. The number of fused-ring (bicyclic) bond motifs is 1. The molecule has 0 spiro atoms. The van der Waals surface area contributed by atoms with Crippen LogP contribution in [0.15, 0.2) is 30.3 Å². The van der Waals surface area contributed by atoms with Gasteiger partial charge in [-0.05, 0) is 31.4 Å². The number of para-hydroxylation sites is 1. The highest BCUT2D eigenvalue weighted by Gasteiger charge is 2.29. The summed E-state index contributed by atoms with van der Waals surface area (Å²) in [6.45, 7) is 2.32. The van der Waals surface area contributed by atoms with E-state index in [0.717, 1.165) is 41.5 Å². The number of likely N-dealkylation sites (tertiary alicyclic amines) is 2. The van der Waals surface area contributed by atoms with Crippen molar-refractivity contribution in [2.24, 2.45) is 0 Å². The second kappa shape index (κ2) is 6.94. The van der Waals surface area contributed by atoms with Gasteiger partial charge < -0.3 is 15.5 Å². The van der Waals surface area contributed by atoms with Gasteiger partial charge in [0, 0.05) is 37.4 Å². The van der Waals surface area contributed by atoms with Crippen LogP contribution < -0.4 is 5.73 Å². The first-order chi connectivity index (χ1) is 12.6. The van der Waals surface area contributed by atoms with Crippen molar-refractivity contribution in [3.63, 3.8) is 0 Å². The van der Waals surface area contributed by atoms with Crippen molar-refractivity contribution in [3.8, 4) is 0 Å². The number of rotatable bonds is 3. The van der Waals surface area contributed by atoms with Gasteiger partial charge in [0.1, 0.15) is 0 Å². The summed E-state index contributed by atoms with van der Waals surface area (Å²) >= 11 is 0. The van der Waals surface area contributed by atoms with Crippen LogP contribution in [-0.2, 0) is 9.59 Å². The smallest absolute Gasteiger partial charge is 0.242 e. The van der Waals surface area contributed by atoms with Crippen LogP contribution in [0, 0.1) is 0 Å². The van der Waals surface area contributed by atoms with Crippen molar-refractivity contribution in [1.82, 2.24) is 14.8 Å². The topological polar surface area (TPSA) is 79.5 Å². The number of hydrogen-bond donors (Lipinski definition) is 1. The molecule has 2 fully saturated rings. The Hall–Kier alpha value is -2.63. The molecular formula is C20H24N4O2. The van der Waals surface area contributed by atoms with E-state index in [1.165, 1.54) is 0 Å². The van der Waals surface area contributed by atoms with E-state index < -0.39 is 0 Å². The van der Waals surface area contributed by atoms with Crippen molar-refractivity contribution in [3.05, 3.63) is 36.0 Å². The van der Waals surface area contributed by atoms with Gasteiger partial charge in [0.2, 0.25) is 11.8 Å². The Kier molecular flexibility index (Phi) is 4.49. The third kappa shape index (κ3) is 3.23. The third-order valence-corrected chi connectivity index (χ3v) is 5.52. The van der Waals surface area contributed by atoms with Crippen LogP contribution in [0.25, 0.3) is 10.9 Å². The number of amides is 2. The zero-order valence-electron chi connectivity index (χ0n) is 14.9. The van der Waals surface area contributed by atoms with E-state index in [2.05, 4.69) is 0 Å². The molecule has 136 valence electrons. The predicted molar refractivity (Wildman–Crippen MR) is 101 cm³/mol. The fourth-order valence-electron chi connectivity index (χ4n) is 4.01. The molecular weight excluding hydrogens is 328 g/mol. The van der Waals surface area contributed by atoms with Crippen molar-refractivity contribution in [1.29, 1.82) is 0 Å². The molecule has 2 aromatic rings. The first kappa shape index (κ1) is 16.8. The normalized spacial score (nSPS) is 18.7. The number of pyridine rings is 1. The molecule has 2 aliphatic rings. The highest BCUT2D eigenvalue weighted by atomic mass is 16.2. The summed E-state index contributed by atoms with van der Waals surface area (Å²) in [5, 5.41) is 1.05. The standard InChI is InChI=1S/C20H24N4O2/c21-16-12-15-4-1-2-5-17(15)22-20(16)14-7-10-23(11-8-14)19(26)13-24-9-3-6-18(24)25/h1-2,4-5,12,14H,3,6-11,13,21H2. The summed E-state index contributed by atoms with van der Waals surface area (Å²) in [5.41, 5.74) is 8.89. The van der Waals surface area contributed by atoms with E-state index in [1.54, 1.807) is 4.90 Å². The number of benzene rings is 1. The van der Waals surface area contributed by atoms with Gasteiger partial charge in [-0.15, -0.1) is 0 Å². The van der Waals surface area contributed by atoms with Crippen LogP contribution in [0.1, 0.15) is 37.3 Å². The van der Waals surface area contributed by atoms with Crippen molar-refractivity contribution in [2.45, 2.75) is 31.6 Å². The minimum absolute atomic E-state index is 0.0538. The van der Waals surface area contributed by atoms with Gasteiger partial charge in [0.25, 0.3) is 0 Å². The van der Waals surface area contributed by atoms with E-state index >= 15 is 0 Å². The molecule has 0 saturated carbocycles. The summed E-state index contributed by atoms with van der Waals surface area (Å²) in [4.78, 5) is 32.5. The molecule has 0 atom stereocenters. The Bertz CT molecular complexity index is 843. The number of piperidine rings is 1. The van der Waals surface area contributed by atoms with Crippen molar-refractivity contribution >= 4 is 28.4 Å². The van der Waals surface area contributed by atoms with Crippen LogP contribution in [0.5, 0.6) is 0 Å². The number of carbonyl (C=O) groups excluding carboxylic acids is 2. The largest absolute Gasteiger partial charge is 0.397 e. The fourth-order valence-corrected chi connectivity index (χ4v) is 4.01. The van der Waals surface area contributed by atoms with Gasteiger partial charge >= 0.3 is 0 Å². The van der Waals surface area contributed by atoms with Crippen molar-refractivity contribution < 1.29 is 9.59 Å². The zero-order chi connectivity index (χ0) is 18.1. The SMILES string of the molecule is Nc1cc2ccccc2nc1C1CCN(C(=O)CN2CCCC2=O)CC1. The lowest BCUT2D eigenvalue weighted by molar-refractivity contribution is -0.139. The monoisotopic (exact) mass is 352 g/mol. The Balaban J connectivity index is 1.41. The van der Waals surface area contributed by atoms with E-state index in [0.29, 0.717) is 26.1 Å². The van der Waals surface area contributed by atoms with E-state index in [1.807, 2.05) is 35.2 Å². The first-order valence-electron chi connectivity index (χ1n) is 9.32. The maximum Gasteiger partial charge on any atom is 0.242 e. The molecule has 6 heteroatoms. The van der Waals surface area contributed by atoms with Crippen molar-refractivity contribution in [2.75, 3.05) is 31.9 Å². The summed E-state index contributed by atoms with van der Waals surface area (Å²) < 4.78 is 0. The number of nitrogens with zero attached hydrogens (tertiary/aromatic N) is 3. The lowest BCUT2D eigenvalue weighted by atomic mass is 9.91. The van der Waals surface area contributed by atoms with Gasteiger partial charge in [0.15, 0.2) is 0 Å². The second-order valence-electron chi connectivity index (χ2n) is 7.23. The third-order valence-electron chi connectivity index (χ3n) is 5.52. The van der Waals surface area contributed by atoms with E-state index in [4.69, 9.17) is 10.7 Å². The number of aromatic nitrogens is 1. The molecule has 4 rings (SSSR count). The van der Waals surface area contributed by atoms with Gasteiger partial charge in [-0.2, -0.15) is 0 Å². The summed E-state index contributed by atoms with van der Waals surface area (Å²) in [6.07, 6.45) is 3.15. The first-order valence-corrected chi connectivity index (χ1v) is 9.32. The average molecular weight is 352 g/mol. The molecule has 6 nitrogen and oxygen atoms in total. The Labute approximate surface area is 153 Å². The van der Waals surface area contributed by atoms with Crippen LogP contribution in [0.3, 0.4) is 0 Å². The molecule has 1 aromatic heterocycles. The van der Waals surface area contributed by atoms with E-state index in [9.17, 15) is 9.59 Å². The van der Waals surface area contributed by atoms with Gasteiger partial charge in [0.05, 0.1) is 23.4 Å². The van der Waals surface area contributed by atoms with Gasteiger partial charge in [-0.3, -0.25) is 14.6 Å². The lowest BCUT2D eigenvalue weighted by Crippen LogP contribution is -2.44. The van der Waals surface area contributed by atoms with Crippen LogP contribution in [0.4, 0.5) is 5.69 Å². The molecule has 0 bridgehead atoms. The zero-order valence-corrected chi connectivity index (χ0v) is 14.9. The molecule has 2 saturated heterocycles. The highest BCUT2D eigenvalue weighted by Crippen LogP contribution is 2.32. The maximum atomic E-state index is 12.5. The second-order valence-corrected chi connectivity index (χ2v) is 7.23. The Morgan fingerprint density at radius 1 is 1.19 bits per heavy atom. The van der Waals surface area contributed by atoms with Crippen LogP contribution in [0.2, 0.25) is 0 Å². The van der Waals surface area contributed by atoms with Gasteiger partial charge in [-0.1, -0.05) is 18.2 Å². The fraction of sp³-hybridized carbons (Fsp3) is 0.450. The average Bonchev–Trinajstić information content (AvgIpc) is 3.06. The molecule has 3 heterocycles. The molecule has 1 aromatic carbocycles. The molecule has 2 aliphatic heterocycles. The highest BCUT2D eigenvalue weighted by molar-refractivity contribution is 5.86. The number of nitrogens with two attached hydrogens (primary N) is 1. The van der Waals surface area contributed by atoms with Crippen LogP contribution >= 0.6 is 0 Å². The minimum Gasteiger partial charge on any atom is -0.397 e. The van der Waals surface area contributed by atoms with E-state index in [-0.39, 0.29) is 24.3 Å². The molecule has 26 heavy (non-hydrogen) atoms. The Morgan fingerprint density at radius 3 is 2.69 bits per heavy atom. The van der Waals surface area contributed by atoms with Gasteiger partial charge in [-0.25, -0.2) is 0 Å². The summed E-state index contributed by atoms with van der Waals surface area (Å²) in [7, 11) is 0. The molecule has 0 radical (unpaired) electrons. The summed E-state index contributed by atoms with van der Waals surface area (Å²) in [5.74, 6) is 0.427. The lowest BCUT2D eigenvalue weighted by Gasteiger charge is -2.33. The predicted octanol–water partition coefficient (Wildman–Crippen LogP) is 2.15. The minimum atomic E-state index is 0.0538. The van der Waals surface area contributed by atoms with Crippen LogP contribution in [-0.4, -0.2) is 52.8 Å². The molecule has 2 N–H and O–H groups in total. The number of hydrogen-bond acceptors (Lipinski definition) is 4. The number of nitrogen functional groups attached to an aromatic ring is 1. The quantitative estimate of drug-likeness (QED) is 0.918. The molecule has 2 amide bonds. The molecule has 0 aliphatic carbocycles. The number of anilines is 1. The summed E-state index contributed by atoms with van der Waals surface area (Å²) in [6, 6.07) is 9.98. The maximum absolute atomic E-state index is 12.5.